The van der Waals surface area contributed by atoms with E-state index in [1.165, 1.54) is 6.08 Å². The van der Waals surface area contributed by atoms with Gasteiger partial charge in [-0.05, 0) is 6.04 Å². The zero-order valence-corrected chi connectivity index (χ0v) is 8.05. The van der Waals surface area contributed by atoms with Crippen LogP contribution in [0.15, 0.2) is 4.66 Å². The Morgan fingerprint density at radius 3 is 2.42 bits per heavy atom. The lowest BCUT2D eigenvalue weighted by Gasteiger charge is -2.16. The van der Waals surface area contributed by atoms with Crippen LogP contribution in [-0.4, -0.2) is 36.3 Å². The molecule has 0 aromatic heterocycles. The molecule has 0 bridgehead atoms. The van der Waals surface area contributed by atoms with Crippen molar-refractivity contribution in [1.29, 1.82) is 0 Å². The first-order chi connectivity index (χ1) is 5.49. The number of hydrogen-bond donors (Lipinski definition) is 3. The molecule has 0 aromatic carbocycles. The van der Waals surface area contributed by atoms with E-state index in [0.29, 0.717) is 6.04 Å². The van der Waals surface area contributed by atoms with Crippen molar-refractivity contribution in [3.8, 4) is 0 Å². The van der Waals surface area contributed by atoms with Gasteiger partial charge in [-0.25, -0.2) is 4.79 Å². The minimum absolute atomic E-state index is 0.226. The van der Waals surface area contributed by atoms with Crippen LogP contribution < -0.4 is 0 Å². The van der Waals surface area contributed by atoms with Gasteiger partial charge in [0.1, 0.15) is 0 Å². The maximum atomic E-state index is 9.87. The molecule has 12 heavy (non-hydrogen) atoms. The van der Waals surface area contributed by atoms with Crippen LogP contribution in [0.4, 0.5) is 0 Å². The Bertz CT molecular complexity index is 173. The molecule has 0 radical (unpaired) electrons. The first-order valence-electron chi connectivity index (χ1n) is 3.73. The van der Waals surface area contributed by atoms with Crippen molar-refractivity contribution in [1.82, 2.24) is 0 Å². The number of hydrogen-bond acceptors (Lipinski definition) is 5. The number of aliphatic hydroxyl groups is 3. The lowest BCUT2D eigenvalue weighted by atomic mass is 10.6. The van der Waals surface area contributed by atoms with Crippen LogP contribution in [0.2, 0.25) is 12.1 Å². The Labute approximate surface area is 72.1 Å². The molecule has 0 saturated carbocycles. The molecule has 0 aromatic rings. The molecule has 5 nitrogen and oxygen atoms in total. The highest BCUT2D eigenvalue weighted by atomic mass is 28.3. The summed E-state index contributed by atoms with van der Waals surface area (Å²) in [5.41, 5.74) is 0. The van der Waals surface area contributed by atoms with Crippen molar-refractivity contribution in [3.63, 3.8) is 0 Å². The minimum Gasteiger partial charge on any atom is -0.344 e. The van der Waals surface area contributed by atoms with Gasteiger partial charge in [-0.1, -0.05) is 13.3 Å². The molecule has 0 heterocycles. The van der Waals surface area contributed by atoms with Crippen LogP contribution in [0.25, 0.3) is 0 Å². The summed E-state index contributed by atoms with van der Waals surface area (Å²) in [6.07, 6.45) is 2.18. The molecule has 0 spiro atoms. The second kappa shape index (κ2) is 5.18. The molecule has 3 N–H and O–H groups in total. The Balaban J connectivity index is 4.03. The van der Waals surface area contributed by atoms with Gasteiger partial charge in [-0.3, -0.25) is 4.66 Å². The van der Waals surface area contributed by atoms with Crippen molar-refractivity contribution in [2.24, 2.45) is 4.66 Å². The summed E-state index contributed by atoms with van der Waals surface area (Å²) in [6.45, 7) is 1.90. The molecule has 0 saturated heterocycles. The van der Waals surface area contributed by atoms with Crippen LogP contribution in [0.1, 0.15) is 13.3 Å². The summed E-state index contributed by atoms with van der Waals surface area (Å²) in [4.78, 5) is 9.87. The van der Waals surface area contributed by atoms with Gasteiger partial charge < -0.3 is 15.3 Å². The fraction of sp³-hybridized carbons (Fsp3) is 0.833. The largest absolute Gasteiger partial charge is 0.344 e. The molecule has 70 valence electrons. The monoisotopic (exact) mass is 191 g/mol. The van der Waals surface area contributed by atoms with E-state index < -0.39 is 14.9 Å². The lowest BCUT2D eigenvalue weighted by molar-refractivity contribution is -0.297. The van der Waals surface area contributed by atoms with Gasteiger partial charge in [-0.15, -0.1) is 0 Å². The standard InChI is InChI=1S/C6H13NO4Si/c1-2-3-12(7-5-8)4-6(9,10)11/h9-12H,2-4H2,1H3. The average Bonchev–Trinajstić information content (AvgIpc) is 1.84. The molecule has 0 fully saturated rings. The molecule has 6 heteroatoms. The van der Waals surface area contributed by atoms with E-state index in [9.17, 15) is 4.79 Å². The molecule has 0 aliphatic carbocycles. The highest BCUT2D eigenvalue weighted by Crippen LogP contribution is 2.11. The summed E-state index contributed by atoms with van der Waals surface area (Å²) in [5.74, 6) is -2.69. The zero-order chi connectivity index (χ0) is 9.61. The lowest BCUT2D eigenvalue weighted by Crippen LogP contribution is -2.32. The van der Waals surface area contributed by atoms with Crippen LogP contribution in [0.5, 0.6) is 0 Å². The summed E-state index contributed by atoms with van der Waals surface area (Å²) >= 11 is 0. The highest BCUT2D eigenvalue weighted by molar-refractivity contribution is 6.57. The predicted molar refractivity (Wildman–Crippen MR) is 44.6 cm³/mol. The molecule has 0 rings (SSSR count). The third-order valence-electron chi connectivity index (χ3n) is 1.37. The van der Waals surface area contributed by atoms with Gasteiger partial charge in [0.25, 0.3) is 5.97 Å². The SMILES string of the molecule is CCC[SiH](CC(O)(O)O)N=C=O. The second-order valence-electron chi connectivity index (χ2n) is 2.64. The van der Waals surface area contributed by atoms with Crippen molar-refractivity contribution in [2.75, 3.05) is 0 Å². The molecule has 0 amide bonds. The van der Waals surface area contributed by atoms with Gasteiger partial charge >= 0.3 is 0 Å². The van der Waals surface area contributed by atoms with Gasteiger partial charge in [0.15, 0.2) is 8.96 Å². The fourth-order valence-electron chi connectivity index (χ4n) is 0.936. The van der Waals surface area contributed by atoms with E-state index in [1.54, 1.807) is 0 Å². The maximum absolute atomic E-state index is 9.87. The summed E-state index contributed by atoms with van der Waals surface area (Å²) in [6, 6.07) is 0.425. The molecule has 1 unspecified atom stereocenters. The molecule has 0 aliphatic heterocycles. The van der Waals surface area contributed by atoms with Crippen LogP contribution >= 0.6 is 0 Å². The molecule has 0 aliphatic rings. The average molecular weight is 191 g/mol. The van der Waals surface area contributed by atoms with Crippen LogP contribution in [0.3, 0.4) is 0 Å². The second-order valence-corrected chi connectivity index (χ2v) is 5.19. The van der Waals surface area contributed by atoms with E-state index >= 15 is 0 Å². The Morgan fingerprint density at radius 1 is 1.50 bits per heavy atom. The van der Waals surface area contributed by atoms with E-state index in [2.05, 4.69) is 4.66 Å². The number of carbonyl (C=O) groups excluding carboxylic acids is 1. The Morgan fingerprint density at radius 2 is 2.08 bits per heavy atom. The van der Waals surface area contributed by atoms with Crippen molar-refractivity contribution >= 4 is 15.0 Å². The van der Waals surface area contributed by atoms with E-state index in [-0.39, 0.29) is 6.04 Å². The van der Waals surface area contributed by atoms with Crippen molar-refractivity contribution in [3.05, 3.63) is 0 Å². The van der Waals surface area contributed by atoms with Crippen LogP contribution in [-0.2, 0) is 4.79 Å². The number of rotatable bonds is 5. The quantitative estimate of drug-likeness (QED) is 0.227. The van der Waals surface area contributed by atoms with E-state index in [0.717, 1.165) is 6.42 Å². The summed E-state index contributed by atoms with van der Waals surface area (Å²) in [7, 11) is -1.91. The van der Waals surface area contributed by atoms with Gasteiger partial charge in [-0.2, -0.15) is 0 Å². The summed E-state index contributed by atoms with van der Waals surface area (Å²) < 4.78 is 3.45. The maximum Gasteiger partial charge on any atom is 0.274 e. The normalized spacial score (nSPS) is 13.7. The molecular formula is C6H13NO4Si. The first kappa shape index (κ1) is 11.5. The number of isocyanates is 1. The van der Waals surface area contributed by atoms with Crippen molar-refractivity contribution in [2.45, 2.75) is 31.4 Å². The summed E-state index contributed by atoms with van der Waals surface area (Å²) in [5, 5.41) is 25.8. The molecule has 1 atom stereocenters. The van der Waals surface area contributed by atoms with E-state index in [1.807, 2.05) is 6.92 Å². The first-order valence-corrected chi connectivity index (χ1v) is 5.88. The number of nitrogens with zero attached hydrogens (tertiary/aromatic N) is 1. The minimum atomic E-state index is -2.69. The van der Waals surface area contributed by atoms with E-state index in [4.69, 9.17) is 15.3 Å². The molecular weight excluding hydrogens is 178 g/mol. The topological polar surface area (TPSA) is 90.1 Å². The predicted octanol–water partition coefficient (Wildman–Crippen LogP) is -0.913. The van der Waals surface area contributed by atoms with Gasteiger partial charge in [0, 0.05) is 6.04 Å². The van der Waals surface area contributed by atoms with Gasteiger partial charge in [0.05, 0.1) is 0 Å². The van der Waals surface area contributed by atoms with Gasteiger partial charge in [0.2, 0.25) is 6.08 Å². The van der Waals surface area contributed by atoms with Crippen LogP contribution in [0, 0.1) is 0 Å². The van der Waals surface area contributed by atoms with Crippen molar-refractivity contribution < 1.29 is 20.1 Å². The third-order valence-corrected chi connectivity index (χ3v) is 4.10. The third kappa shape index (κ3) is 6.20. The fourth-order valence-corrected chi connectivity index (χ4v) is 2.81. The highest BCUT2D eigenvalue weighted by Gasteiger charge is 2.25. The Kier molecular flexibility index (Phi) is 4.95. The zero-order valence-electron chi connectivity index (χ0n) is 6.90. The Hall–Kier alpha value is -0.523. The smallest absolute Gasteiger partial charge is 0.274 e.